The van der Waals surface area contributed by atoms with Crippen molar-refractivity contribution in [1.29, 1.82) is 0 Å². The third-order valence-electron chi connectivity index (χ3n) is 13.6. The van der Waals surface area contributed by atoms with E-state index in [9.17, 15) is 28.6 Å². The van der Waals surface area contributed by atoms with Crippen molar-refractivity contribution in [2.24, 2.45) is 0 Å². The van der Waals surface area contributed by atoms with Gasteiger partial charge >= 0.3 is 25.7 Å². The molecule has 0 spiro atoms. The minimum Gasteiger partial charge on any atom is -0.464 e. The van der Waals surface area contributed by atoms with Crippen LogP contribution in [0.15, 0.2) is 30.5 Å². The van der Waals surface area contributed by atoms with E-state index >= 15 is 0 Å². The molecule has 0 radical (unpaired) electrons. The average molecular weight is 1130 g/mol. The van der Waals surface area contributed by atoms with Gasteiger partial charge in [0.05, 0.1) is 52.8 Å². The summed E-state index contributed by atoms with van der Waals surface area (Å²) in [5, 5.41) is 2.75. The Kier molecular flexibility index (Phi) is 34.0. The van der Waals surface area contributed by atoms with E-state index in [0.29, 0.717) is 41.6 Å². The number of esters is 3. The lowest BCUT2D eigenvalue weighted by Gasteiger charge is -2.24. The standard InChI is InChI=1S/C58H98N9O11P/c1-7-9-11-13-15-17-19-20-21-22-23-24-26-28-30-32-51(68)75-44-49(45-77-79(72,73)76-41-39-67(4,5)6)78-52(69)38-37-50(57(71)74-40-31-29-27-25-18-16-14-12-10-8-2)63-56(70)46-33-35-48(36-34-46)66(3)43-47-42-61-55-53(62-47)54(59)64-58(60)65-55/h33-36,42,49-50H,7-32,37-41,43-45H2,1-6H3,(H5-,59,60,61,63,64,65,70,72,73)/p+1/t49-,50+/m1/s1. The van der Waals surface area contributed by atoms with Crippen LogP contribution in [0.2, 0.25) is 0 Å². The van der Waals surface area contributed by atoms with E-state index in [1.807, 2.05) is 33.1 Å². The number of phosphoric ester groups is 1. The number of quaternary nitrogens is 1. The molecule has 1 aromatic carbocycles. The van der Waals surface area contributed by atoms with Crippen molar-refractivity contribution >= 4 is 60.3 Å². The normalized spacial score (nSPS) is 13.2. The van der Waals surface area contributed by atoms with Gasteiger partial charge in [0.15, 0.2) is 23.1 Å². The number of hydrogen-bond donors (Lipinski definition) is 4. The summed E-state index contributed by atoms with van der Waals surface area (Å²) in [4.78, 5) is 83.1. The maximum atomic E-state index is 13.7. The van der Waals surface area contributed by atoms with Crippen molar-refractivity contribution in [3.63, 3.8) is 0 Å². The van der Waals surface area contributed by atoms with Crippen molar-refractivity contribution in [2.45, 2.75) is 212 Å². The number of unbranched alkanes of at least 4 members (excludes halogenated alkanes) is 23. The Morgan fingerprint density at radius 3 is 1.77 bits per heavy atom. The first kappa shape index (κ1) is 68.3. The number of nitrogens with one attached hydrogen (secondary N) is 1. The number of phosphoric acid groups is 1. The quantitative estimate of drug-likeness (QED) is 0.0135. The Morgan fingerprint density at radius 2 is 1.22 bits per heavy atom. The van der Waals surface area contributed by atoms with Gasteiger partial charge in [-0.3, -0.25) is 23.4 Å². The molecule has 3 rings (SSSR count). The molecule has 20 nitrogen and oxygen atoms in total. The summed E-state index contributed by atoms with van der Waals surface area (Å²) in [6.07, 6.45) is 28.9. The maximum Gasteiger partial charge on any atom is 0.472 e. The predicted molar refractivity (Wildman–Crippen MR) is 311 cm³/mol. The lowest BCUT2D eigenvalue weighted by atomic mass is 10.0. The minimum absolute atomic E-state index is 0.00116. The Morgan fingerprint density at radius 1 is 0.671 bits per heavy atom. The molecule has 1 unspecified atom stereocenters. The maximum absolute atomic E-state index is 13.7. The van der Waals surface area contributed by atoms with Crippen LogP contribution in [0.4, 0.5) is 17.5 Å². The van der Waals surface area contributed by atoms with Crippen LogP contribution in [-0.2, 0) is 48.8 Å². The number of likely N-dealkylation sites (N-methyl/N-ethyl adjacent to an activating group) is 1. The van der Waals surface area contributed by atoms with E-state index in [1.165, 1.54) is 109 Å². The Balaban J connectivity index is 1.60. The summed E-state index contributed by atoms with van der Waals surface area (Å²) < 4.78 is 40.5. The molecule has 79 heavy (non-hydrogen) atoms. The highest BCUT2D eigenvalue weighted by Crippen LogP contribution is 2.43. The molecular formula is C58H99N9O11P+. The molecule has 1 amide bonds. The summed E-state index contributed by atoms with van der Waals surface area (Å²) in [6, 6.07) is 5.47. The van der Waals surface area contributed by atoms with Crippen molar-refractivity contribution in [2.75, 3.05) is 77.5 Å². The number of rotatable bonds is 46. The van der Waals surface area contributed by atoms with Crippen molar-refractivity contribution < 1.29 is 56.4 Å². The van der Waals surface area contributed by atoms with Gasteiger partial charge in [0.2, 0.25) is 5.95 Å². The van der Waals surface area contributed by atoms with E-state index in [2.05, 4.69) is 39.1 Å². The van der Waals surface area contributed by atoms with Crippen LogP contribution in [-0.4, -0.2) is 126 Å². The fourth-order valence-electron chi connectivity index (χ4n) is 8.78. The number of carbonyl (C=O) groups excluding carboxylic acids is 4. The Bertz CT molecular complexity index is 2250. The second-order valence-corrected chi connectivity index (χ2v) is 23.4. The molecule has 0 bridgehead atoms. The van der Waals surface area contributed by atoms with Crippen LogP contribution in [0.3, 0.4) is 0 Å². The number of fused-ring (bicyclic) bond motifs is 1. The number of benzene rings is 1. The first-order valence-electron chi connectivity index (χ1n) is 29.5. The van der Waals surface area contributed by atoms with Gasteiger partial charge in [-0.1, -0.05) is 162 Å². The molecule has 3 aromatic rings. The number of nitrogens with two attached hydrogens (primary N) is 2. The van der Waals surface area contributed by atoms with Crippen LogP contribution in [0.1, 0.15) is 210 Å². The molecule has 3 atom stereocenters. The highest BCUT2D eigenvalue weighted by Gasteiger charge is 2.29. The van der Waals surface area contributed by atoms with Gasteiger partial charge in [-0.05, 0) is 43.5 Å². The number of nitrogen functional groups attached to an aromatic ring is 2. The van der Waals surface area contributed by atoms with Gasteiger partial charge < -0.3 is 45.3 Å². The number of aromatic nitrogens is 4. The fraction of sp³-hybridized carbons (Fsp3) is 0.724. The molecule has 0 fully saturated rings. The molecule has 0 saturated heterocycles. The molecule has 2 heterocycles. The summed E-state index contributed by atoms with van der Waals surface area (Å²) in [5.41, 5.74) is 13.9. The third-order valence-corrected chi connectivity index (χ3v) is 14.6. The number of anilines is 3. The molecule has 0 aliphatic rings. The van der Waals surface area contributed by atoms with Crippen LogP contribution in [0.25, 0.3) is 11.2 Å². The van der Waals surface area contributed by atoms with E-state index in [-0.39, 0.29) is 55.5 Å². The van der Waals surface area contributed by atoms with Gasteiger partial charge in [0.25, 0.3) is 5.91 Å². The highest BCUT2D eigenvalue weighted by atomic mass is 31.2. The van der Waals surface area contributed by atoms with Crippen LogP contribution in [0.5, 0.6) is 0 Å². The highest BCUT2D eigenvalue weighted by molar-refractivity contribution is 7.47. The van der Waals surface area contributed by atoms with Gasteiger partial charge in [0.1, 0.15) is 25.8 Å². The zero-order chi connectivity index (χ0) is 57.7. The zero-order valence-electron chi connectivity index (χ0n) is 48.9. The van der Waals surface area contributed by atoms with Crippen LogP contribution in [0, 0.1) is 0 Å². The van der Waals surface area contributed by atoms with Gasteiger partial charge in [0, 0.05) is 31.1 Å². The fourth-order valence-corrected chi connectivity index (χ4v) is 9.52. The monoisotopic (exact) mass is 1130 g/mol. The molecule has 6 N–H and O–H groups in total. The molecular weight excluding hydrogens is 1030 g/mol. The number of amides is 1. The Hall–Kier alpha value is -5.01. The number of ether oxygens (including phenoxy) is 3. The smallest absolute Gasteiger partial charge is 0.464 e. The molecule has 0 aliphatic heterocycles. The summed E-state index contributed by atoms with van der Waals surface area (Å²) in [7, 11) is 2.96. The lowest BCUT2D eigenvalue weighted by molar-refractivity contribution is -0.870. The SMILES string of the molecule is CCCCCCCCCCCCCCCCCC(=O)OC[C@H](COP(=O)(O)OCC[N+](C)(C)C)OC(=O)CC[C@H](NC(=O)c1ccc(N(C)Cc2cnc3nc(N)nc(N)c3n2)cc1)C(=O)OCCCCCCCCCCCC. The number of nitrogens with zero attached hydrogens (tertiary/aromatic N) is 6. The summed E-state index contributed by atoms with van der Waals surface area (Å²) >= 11 is 0. The summed E-state index contributed by atoms with van der Waals surface area (Å²) in [5.74, 6) is -2.49. The number of carbonyl (C=O) groups is 4. The van der Waals surface area contributed by atoms with Crippen molar-refractivity contribution in [3.05, 3.63) is 41.7 Å². The first-order chi connectivity index (χ1) is 37.9. The third kappa shape index (κ3) is 31.5. The van der Waals surface area contributed by atoms with E-state index in [0.717, 1.165) is 44.2 Å². The number of hydrogen-bond acceptors (Lipinski definition) is 17. The van der Waals surface area contributed by atoms with E-state index < -0.39 is 57.0 Å². The van der Waals surface area contributed by atoms with Gasteiger partial charge in [-0.2, -0.15) is 9.97 Å². The molecule has 0 saturated carbocycles. The molecule has 2 aromatic heterocycles. The van der Waals surface area contributed by atoms with E-state index in [4.69, 9.17) is 34.7 Å². The zero-order valence-corrected chi connectivity index (χ0v) is 49.8. The van der Waals surface area contributed by atoms with Gasteiger partial charge in [-0.25, -0.2) is 19.3 Å². The largest absolute Gasteiger partial charge is 0.472 e. The van der Waals surface area contributed by atoms with Crippen molar-refractivity contribution in [1.82, 2.24) is 25.3 Å². The first-order valence-corrected chi connectivity index (χ1v) is 31.0. The van der Waals surface area contributed by atoms with Crippen LogP contribution < -0.4 is 21.7 Å². The second-order valence-electron chi connectivity index (χ2n) is 21.9. The molecule has 0 aliphatic carbocycles. The summed E-state index contributed by atoms with van der Waals surface area (Å²) in [6.45, 7) is 4.21. The van der Waals surface area contributed by atoms with Crippen molar-refractivity contribution in [3.8, 4) is 0 Å². The predicted octanol–water partition coefficient (Wildman–Crippen LogP) is 11.1. The van der Waals surface area contributed by atoms with E-state index in [1.54, 1.807) is 30.5 Å². The molecule has 446 valence electrons. The average Bonchev–Trinajstić information content (AvgIpc) is 3.41. The Labute approximate surface area is 471 Å². The minimum atomic E-state index is -4.59. The topological polar surface area (TPSA) is 271 Å². The molecule has 21 heteroatoms. The second kappa shape index (κ2) is 39.4. The van der Waals surface area contributed by atoms with Gasteiger partial charge in [-0.15, -0.1) is 0 Å². The lowest BCUT2D eigenvalue weighted by Crippen LogP contribution is -2.42. The van der Waals surface area contributed by atoms with Crippen LogP contribution >= 0.6 is 7.82 Å².